The highest BCUT2D eigenvalue weighted by molar-refractivity contribution is 6.08. The molecular formula is C26H22N4O2. The van der Waals surface area contributed by atoms with E-state index >= 15 is 0 Å². The van der Waals surface area contributed by atoms with Crippen LogP contribution in [0.4, 0.5) is 5.69 Å². The van der Waals surface area contributed by atoms with E-state index in [1.54, 1.807) is 24.3 Å². The van der Waals surface area contributed by atoms with Crippen molar-refractivity contribution in [2.45, 2.75) is 6.42 Å². The van der Waals surface area contributed by atoms with Gasteiger partial charge in [-0.3, -0.25) is 9.59 Å². The van der Waals surface area contributed by atoms with Crippen LogP contribution in [0.25, 0.3) is 11.4 Å². The molecule has 6 nitrogen and oxygen atoms in total. The van der Waals surface area contributed by atoms with Gasteiger partial charge in [0.25, 0.3) is 11.8 Å². The van der Waals surface area contributed by atoms with E-state index in [1.165, 1.54) is 12.4 Å². The van der Waals surface area contributed by atoms with Crippen LogP contribution in [0.1, 0.15) is 26.3 Å². The van der Waals surface area contributed by atoms with Crippen LogP contribution in [-0.4, -0.2) is 28.3 Å². The highest BCUT2D eigenvalue weighted by atomic mass is 16.2. The summed E-state index contributed by atoms with van der Waals surface area (Å²) < 4.78 is 0. The molecule has 0 atom stereocenters. The van der Waals surface area contributed by atoms with Crippen LogP contribution in [0.3, 0.4) is 0 Å². The number of rotatable bonds is 7. The molecule has 0 unspecified atom stereocenters. The second-order valence-electron chi connectivity index (χ2n) is 7.15. The van der Waals surface area contributed by atoms with Crippen LogP contribution in [0.15, 0.2) is 97.3 Å². The van der Waals surface area contributed by atoms with Crippen molar-refractivity contribution < 1.29 is 9.59 Å². The van der Waals surface area contributed by atoms with Crippen molar-refractivity contribution in [3.8, 4) is 11.4 Å². The predicted octanol–water partition coefficient (Wildman–Crippen LogP) is 4.37. The Kier molecular flexibility index (Phi) is 6.63. The van der Waals surface area contributed by atoms with Crippen LogP contribution in [-0.2, 0) is 6.42 Å². The SMILES string of the molecule is O=C(Nc1ccccc1C(=O)NCCc1ccccc1)c1cnc(-c2ccccc2)nc1. The first-order chi connectivity index (χ1) is 15.7. The summed E-state index contributed by atoms with van der Waals surface area (Å²) in [7, 11) is 0. The van der Waals surface area contributed by atoms with Crippen LogP contribution in [0.2, 0.25) is 0 Å². The summed E-state index contributed by atoms with van der Waals surface area (Å²) in [6.45, 7) is 0.500. The highest BCUT2D eigenvalue weighted by Gasteiger charge is 2.14. The van der Waals surface area contributed by atoms with Gasteiger partial charge in [0, 0.05) is 24.5 Å². The van der Waals surface area contributed by atoms with Gasteiger partial charge in [0.15, 0.2) is 5.82 Å². The number of hydrogen-bond acceptors (Lipinski definition) is 4. The van der Waals surface area contributed by atoms with E-state index in [4.69, 9.17) is 0 Å². The topological polar surface area (TPSA) is 84.0 Å². The minimum Gasteiger partial charge on any atom is -0.352 e. The normalized spacial score (nSPS) is 10.4. The van der Waals surface area contributed by atoms with Crippen molar-refractivity contribution in [2.24, 2.45) is 0 Å². The fraction of sp³-hybridized carbons (Fsp3) is 0.0769. The lowest BCUT2D eigenvalue weighted by Gasteiger charge is -2.11. The summed E-state index contributed by atoms with van der Waals surface area (Å²) in [5.74, 6) is -0.0815. The number of nitrogens with one attached hydrogen (secondary N) is 2. The van der Waals surface area contributed by atoms with Crippen molar-refractivity contribution in [3.63, 3.8) is 0 Å². The van der Waals surface area contributed by atoms with Gasteiger partial charge in [-0.05, 0) is 24.1 Å². The number of para-hydroxylation sites is 1. The molecule has 4 aromatic rings. The van der Waals surface area contributed by atoms with Gasteiger partial charge < -0.3 is 10.6 Å². The van der Waals surface area contributed by atoms with Gasteiger partial charge in [0.1, 0.15) is 0 Å². The Hall–Kier alpha value is -4.32. The third-order valence-corrected chi connectivity index (χ3v) is 4.91. The Morgan fingerprint density at radius 2 is 1.34 bits per heavy atom. The molecule has 0 saturated heterocycles. The van der Waals surface area contributed by atoms with Crippen molar-refractivity contribution in [2.75, 3.05) is 11.9 Å². The Morgan fingerprint density at radius 3 is 2.06 bits per heavy atom. The van der Waals surface area contributed by atoms with E-state index < -0.39 is 0 Å². The number of aromatic nitrogens is 2. The summed E-state index contributed by atoms with van der Waals surface area (Å²) in [4.78, 5) is 34.0. The quantitative estimate of drug-likeness (QED) is 0.463. The summed E-state index contributed by atoms with van der Waals surface area (Å²) in [5, 5.41) is 5.71. The smallest absolute Gasteiger partial charge is 0.258 e. The average Bonchev–Trinajstić information content (AvgIpc) is 2.85. The van der Waals surface area contributed by atoms with Crippen molar-refractivity contribution in [1.82, 2.24) is 15.3 Å². The molecule has 0 saturated carbocycles. The molecule has 3 aromatic carbocycles. The van der Waals surface area contributed by atoms with Crippen molar-refractivity contribution in [3.05, 3.63) is 114 Å². The molecule has 1 heterocycles. The van der Waals surface area contributed by atoms with E-state index in [0.29, 0.717) is 29.2 Å². The summed E-state index contributed by atoms with van der Waals surface area (Å²) in [5.41, 5.74) is 3.16. The second kappa shape index (κ2) is 10.1. The fourth-order valence-corrected chi connectivity index (χ4v) is 3.23. The minimum atomic E-state index is -0.380. The third kappa shape index (κ3) is 5.23. The third-order valence-electron chi connectivity index (χ3n) is 4.91. The molecule has 4 rings (SSSR count). The van der Waals surface area contributed by atoms with Gasteiger partial charge in [-0.2, -0.15) is 0 Å². The number of nitrogens with zero attached hydrogens (tertiary/aromatic N) is 2. The molecule has 0 aliphatic heterocycles. The number of hydrogen-bond donors (Lipinski definition) is 2. The average molecular weight is 422 g/mol. The molecule has 158 valence electrons. The molecule has 0 bridgehead atoms. The number of carbonyl (C=O) groups is 2. The molecule has 2 amide bonds. The maximum Gasteiger partial charge on any atom is 0.258 e. The van der Waals surface area contributed by atoms with Gasteiger partial charge in [-0.1, -0.05) is 72.8 Å². The molecule has 0 spiro atoms. The lowest BCUT2D eigenvalue weighted by molar-refractivity contribution is 0.0955. The van der Waals surface area contributed by atoms with E-state index in [9.17, 15) is 9.59 Å². The molecule has 0 radical (unpaired) electrons. The van der Waals surface area contributed by atoms with E-state index in [0.717, 1.165) is 17.5 Å². The zero-order valence-corrected chi connectivity index (χ0v) is 17.4. The summed E-state index contributed by atoms with van der Waals surface area (Å²) in [6, 6.07) is 26.4. The molecule has 0 fully saturated rings. The van der Waals surface area contributed by atoms with E-state index in [2.05, 4.69) is 20.6 Å². The van der Waals surface area contributed by atoms with E-state index in [1.807, 2.05) is 60.7 Å². The molecule has 0 aliphatic rings. The molecule has 2 N–H and O–H groups in total. The minimum absolute atomic E-state index is 0.243. The molecule has 32 heavy (non-hydrogen) atoms. The highest BCUT2D eigenvalue weighted by Crippen LogP contribution is 2.17. The number of amides is 2. The Morgan fingerprint density at radius 1 is 0.719 bits per heavy atom. The zero-order valence-electron chi connectivity index (χ0n) is 17.4. The van der Waals surface area contributed by atoms with Gasteiger partial charge in [-0.15, -0.1) is 0 Å². The summed E-state index contributed by atoms with van der Waals surface area (Å²) >= 11 is 0. The lowest BCUT2D eigenvalue weighted by Crippen LogP contribution is -2.27. The van der Waals surface area contributed by atoms with Gasteiger partial charge >= 0.3 is 0 Å². The lowest BCUT2D eigenvalue weighted by atomic mass is 10.1. The largest absolute Gasteiger partial charge is 0.352 e. The first kappa shape index (κ1) is 20.9. The number of anilines is 1. The predicted molar refractivity (Wildman–Crippen MR) is 124 cm³/mol. The van der Waals surface area contributed by atoms with Crippen molar-refractivity contribution >= 4 is 17.5 Å². The van der Waals surface area contributed by atoms with Gasteiger partial charge in [-0.25, -0.2) is 9.97 Å². The van der Waals surface area contributed by atoms with Crippen LogP contribution in [0, 0.1) is 0 Å². The van der Waals surface area contributed by atoms with Gasteiger partial charge in [0.05, 0.1) is 16.8 Å². The zero-order chi connectivity index (χ0) is 22.2. The first-order valence-corrected chi connectivity index (χ1v) is 10.3. The Labute approximate surface area is 186 Å². The monoisotopic (exact) mass is 422 g/mol. The maximum absolute atomic E-state index is 12.7. The van der Waals surface area contributed by atoms with Crippen molar-refractivity contribution in [1.29, 1.82) is 0 Å². The first-order valence-electron chi connectivity index (χ1n) is 10.3. The molecular weight excluding hydrogens is 400 g/mol. The molecule has 6 heteroatoms. The maximum atomic E-state index is 12.7. The van der Waals surface area contributed by atoms with Gasteiger partial charge in [0.2, 0.25) is 0 Å². The van der Waals surface area contributed by atoms with Crippen LogP contribution < -0.4 is 10.6 Å². The van der Waals surface area contributed by atoms with Crippen LogP contribution in [0.5, 0.6) is 0 Å². The fourth-order valence-electron chi connectivity index (χ4n) is 3.23. The Bertz CT molecular complexity index is 1190. The second-order valence-corrected chi connectivity index (χ2v) is 7.15. The standard InChI is InChI=1S/C26H22N4O2/c31-25(21-17-28-24(29-18-21)20-11-5-2-6-12-20)30-23-14-8-7-13-22(23)26(32)27-16-15-19-9-3-1-4-10-19/h1-14,17-18H,15-16H2,(H,27,32)(H,30,31). The summed E-state index contributed by atoms with van der Waals surface area (Å²) in [6.07, 6.45) is 3.69. The Balaban J connectivity index is 1.41. The van der Waals surface area contributed by atoms with Crippen LogP contribution >= 0.6 is 0 Å². The molecule has 0 aliphatic carbocycles. The number of carbonyl (C=O) groups excluding carboxylic acids is 2. The molecule has 1 aromatic heterocycles. The number of benzene rings is 3. The van der Waals surface area contributed by atoms with E-state index in [-0.39, 0.29) is 11.8 Å².